The van der Waals surface area contributed by atoms with E-state index in [0.717, 1.165) is 27.6 Å². The lowest BCUT2D eigenvalue weighted by Gasteiger charge is -2.28. The van der Waals surface area contributed by atoms with Gasteiger partial charge in [-0.2, -0.15) is 0 Å². The minimum Gasteiger partial charge on any atom is -0.496 e. The van der Waals surface area contributed by atoms with Gasteiger partial charge in [0.15, 0.2) is 0 Å². The average molecular weight is 382 g/mol. The Morgan fingerprint density at radius 2 is 1.63 bits per heavy atom. The van der Waals surface area contributed by atoms with E-state index in [-0.39, 0.29) is 5.91 Å². The maximum absolute atomic E-state index is 12.8. The summed E-state index contributed by atoms with van der Waals surface area (Å²) in [7, 11) is 3.24. The number of ether oxygens (including phenoxy) is 2. The third-order valence-electron chi connectivity index (χ3n) is 4.28. The molecular formula is C21H22N2O3S. The van der Waals surface area contributed by atoms with Gasteiger partial charge < -0.3 is 14.8 Å². The van der Waals surface area contributed by atoms with Crippen molar-refractivity contribution in [1.29, 1.82) is 0 Å². The van der Waals surface area contributed by atoms with E-state index in [1.807, 2.05) is 62.4 Å². The van der Waals surface area contributed by atoms with Crippen molar-refractivity contribution in [1.82, 2.24) is 10.3 Å². The fourth-order valence-electron chi connectivity index (χ4n) is 2.90. The van der Waals surface area contributed by atoms with Crippen LogP contribution in [0.5, 0.6) is 11.5 Å². The van der Waals surface area contributed by atoms with Gasteiger partial charge in [0, 0.05) is 10.9 Å². The highest BCUT2D eigenvalue weighted by Gasteiger charge is 2.27. The monoisotopic (exact) mass is 382 g/mol. The van der Waals surface area contributed by atoms with Crippen molar-refractivity contribution in [2.45, 2.75) is 19.4 Å². The number of hydrogen-bond donors (Lipinski definition) is 1. The summed E-state index contributed by atoms with van der Waals surface area (Å²) >= 11 is 1.41. The van der Waals surface area contributed by atoms with Crippen molar-refractivity contribution < 1.29 is 14.3 Å². The van der Waals surface area contributed by atoms with Gasteiger partial charge in [0.25, 0.3) is 5.91 Å². The Kier molecular flexibility index (Phi) is 5.46. The summed E-state index contributed by atoms with van der Waals surface area (Å²) < 4.78 is 10.8. The molecule has 0 atom stereocenters. The Bertz CT molecular complexity index is 950. The van der Waals surface area contributed by atoms with Gasteiger partial charge in [-0.25, -0.2) is 4.98 Å². The highest BCUT2D eigenvalue weighted by atomic mass is 32.1. The van der Waals surface area contributed by atoms with Gasteiger partial charge in [-0.15, -0.1) is 11.3 Å². The molecule has 2 aromatic carbocycles. The van der Waals surface area contributed by atoms with E-state index in [4.69, 9.17) is 9.47 Å². The number of hydrogen-bond acceptors (Lipinski definition) is 5. The molecule has 1 heterocycles. The molecule has 27 heavy (non-hydrogen) atoms. The van der Waals surface area contributed by atoms with Crippen LogP contribution < -0.4 is 14.8 Å². The van der Waals surface area contributed by atoms with E-state index >= 15 is 0 Å². The minimum atomic E-state index is -0.613. The van der Waals surface area contributed by atoms with E-state index in [9.17, 15) is 4.79 Å². The highest BCUT2D eigenvalue weighted by molar-refractivity contribution is 7.13. The molecule has 1 amide bonds. The molecule has 0 saturated carbocycles. The lowest BCUT2D eigenvalue weighted by Crippen LogP contribution is -2.41. The van der Waals surface area contributed by atoms with Gasteiger partial charge in [0.05, 0.1) is 25.3 Å². The molecule has 0 spiro atoms. The summed E-state index contributed by atoms with van der Waals surface area (Å²) in [6.07, 6.45) is 0. The standard InChI is InChI=1S/C21H22N2O3S/c1-21(2,15-10-6-8-12-18(15)26-4)23-19(24)16-13-27-20(22-16)14-9-5-7-11-17(14)25-3/h5-13H,1-4H3,(H,23,24). The first-order valence-corrected chi connectivity index (χ1v) is 9.39. The Morgan fingerprint density at radius 1 is 1.00 bits per heavy atom. The van der Waals surface area contributed by atoms with E-state index in [1.54, 1.807) is 19.6 Å². The van der Waals surface area contributed by atoms with Crippen molar-refractivity contribution in [3.8, 4) is 22.1 Å². The fraction of sp³-hybridized carbons (Fsp3) is 0.238. The van der Waals surface area contributed by atoms with Gasteiger partial charge in [-0.3, -0.25) is 4.79 Å². The van der Waals surface area contributed by atoms with Crippen molar-refractivity contribution in [2.24, 2.45) is 0 Å². The van der Waals surface area contributed by atoms with Gasteiger partial charge in [-0.05, 0) is 32.0 Å². The second-order valence-electron chi connectivity index (χ2n) is 6.52. The first-order valence-electron chi connectivity index (χ1n) is 8.51. The number of carbonyl (C=O) groups is 1. The summed E-state index contributed by atoms with van der Waals surface area (Å²) in [6.45, 7) is 3.88. The molecule has 140 valence electrons. The summed E-state index contributed by atoms with van der Waals surface area (Å²) in [6, 6.07) is 15.3. The number of amides is 1. The van der Waals surface area contributed by atoms with E-state index in [1.165, 1.54) is 11.3 Å². The minimum absolute atomic E-state index is 0.233. The van der Waals surface area contributed by atoms with Crippen LogP contribution in [0.4, 0.5) is 0 Å². The topological polar surface area (TPSA) is 60.5 Å². The lowest BCUT2D eigenvalue weighted by atomic mass is 9.93. The van der Waals surface area contributed by atoms with E-state index < -0.39 is 5.54 Å². The Morgan fingerprint density at radius 3 is 2.33 bits per heavy atom. The van der Waals surface area contributed by atoms with Crippen molar-refractivity contribution in [3.05, 3.63) is 65.2 Å². The zero-order valence-corrected chi connectivity index (χ0v) is 16.6. The molecule has 0 bridgehead atoms. The molecule has 0 fully saturated rings. The molecule has 1 N–H and O–H groups in total. The Hall–Kier alpha value is -2.86. The zero-order valence-electron chi connectivity index (χ0n) is 15.8. The van der Waals surface area contributed by atoms with Gasteiger partial charge in [-0.1, -0.05) is 30.3 Å². The molecule has 6 heteroatoms. The Labute approximate surface area is 163 Å². The molecule has 0 aliphatic carbocycles. The van der Waals surface area contributed by atoms with Crippen LogP contribution >= 0.6 is 11.3 Å². The largest absolute Gasteiger partial charge is 0.496 e. The fourth-order valence-corrected chi connectivity index (χ4v) is 3.73. The summed E-state index contributed by atoms with van der Waals surface area (Å²) in [4.78, 5) is 17.3. The predicted molar refractivity (Wildman–Crippen MR) is 108 cm³/mol. The number of aromatic nitrogens is 1. The number of benzene rings is 2. The van der Waals surface area contributed by atoms with Crippen LogP contribution in [0.3, 0.4) is 0 Å². The smallest absolute Gasteiger partial charge is 0.271 e. The number of thiazole rings is 1. The van der Waals surface area contributed by atoms with E-state index in [0.29, 0.717) is 5.69 Å². The highest BCUT2D eigenvalue weighted by Crippen LogP contribution is 2.33. The molecule has 1 aromatic heterocycles. The molecule has 0 saturated heterocycles. The normalized spacial score (nSPS) is 11.1. The predicted octanol–water partition coefficient (Wildman–Crippen LogP) is 4.49. The van der Waals surface area contributed by atoms with Crippen LogP contribution in [-0.4, -0.2) is 25.1 Å². The maximum Gasteiger partial charge on any atom is 0.271 e. The summed E-state index contributed by atoms with van der Waals surface area (Å²) in [5.74, 6) is 1.23. The van der Waals surface area contributed by atoms with E-state index in [2.05, 4.69) is 10.3 Å². The SMILES string of the molecule is COc1ccccc1-c1nc(C(=O)NC(C)(C)c2ccccc2OC)cs1. The second kappa shape index (κ2) is 7.80. The van der Waals surface area contributed by atoms with Crippen LogP contribution in [0.2, 0.25) is 0 Å². The average Bonchev–Trinajstić information content (AvgIpc) is 3.17. The van der Waals surface area contributed by atoms with Crippen molar-refractivity contribution in [3.63, 3.8) is 0 Å². The number of methoxy groups -OCH3 is 2. The molecule has 0 radical (unpaired) electrons. The molecule has 0 unspecified atom stereocenters. The third kappa shape index (κ3) is 3.95. The summed E-state index contributed by atoms with van der Waals surface area (Å²) in [5.41, 5.74) is 1.54. The van der Waals surface area contributed by atoms with Gasteiger partial charge in [0.1, 0.15) is 22.2 Å². The summed E-state index contributed by atoms with van der Waals surface area (Å²) in [5, 5.41) is 5.55. The Balaban J connectivity index is 1.84. The van der Waals surface area contributed by atoms with Crippen molar-refractivity contribution >= 4 is 17.2 Å². The molecule has 0 aliphatic heterocycles. The molecular weight excluding hydrogens is 360 g/mol. The van der Waals surface area contributed by atoms with Gasteiger partial charge in [0.2, 0.25) is 0 Å². The first-order chi connectivity index (χ1) is 13.0. The van der Waals surface area contributed by atoms with Crippen molar-refractivity contribution in [2.75, 3.05) is 14.2 Å². The van der Waals surface area contributed by atoms with Crippen LogP contribution in [-0.2, 0) is 5.54 Å². The van der Waals surface area contributed by atoms with Crippen LogP contribution in [0.1, 0.15) is 29.9 Å². The van der Waals surface area contributed by atoms with Gasteiger partial charge >= 0.3 is 0 Å². The quantitative estimate of drug-likeness (QED) is 0.682. The number of rotatable bonds is 6. The zero-order chi connectivity index (χ0) is 19.4. The number of carbonyl (C=O) groups excluding carboxylic acids is 1. The lowest BCUT2D eigenvalue weighted by molar-refractivity contribution is 0.0906. The third-order valence-corrected chi connectivity index (χ3v) is 5.16. The molecule has 0 aliphatic rings. The number of nitrogens with zero attached hydrogens (tertiary/aromatic N) is 1. The first kappa shape index (κ1) is 18.9. The maximum atomic E-state index is 12.8. The van der Waals surface area contributed by atoms with Crippen LogP contribution in [0.25, 0.3) is 10.6 Å². The molecule has 3 aromatic rings. The number of para-hydroxylation sites is 2. The van der Waals surface area contributed by atoms with Crippen LogP contribution in [0.15, 0.2) is 53.9 Å². The molecule has 3 rings (SSSR count). The molecule has 5 nitrogen and oxygen atoms in total. The number of nitrogens with one attached hydrogen (secondary N) is 1. The second-order valence-corrected chi connectivity index (χ2v) is 7.38. The van der Waals surface area contributed by atoms with Crippen LogP contribution in [0, 0.1) is 0 Å².